The zero-order valence-electron chi connectivity index (χ0n) is 12.4. The topological polar surface area (TPSA) is 49.8 Å². The minimum Gasteiger partial charge on any atom is -0.481 e. The highest BCUT2D eigenvalue weighted by atomic mass is 16.5. The number of carboxylic acids is 1. The summed E-state index contributed by atoms with van der Waals surface area (Å²) >= 11 is 0. The number of aliphatic carboxylic acids is 1. The van der Waals surface area contributed by atoms with Crippen molar-refractivity contribution in [3.05, 3.63) is 29.8 Å². The van der Waals surface area contributed by atoms with Gasteiger partial charge in [0, 0.05) is 18.8 Å². The summed E-state index contributed by atoms with van der Waals surface area (Å²) < 4.78 is 5.75. The molecule has 2 rings (SSSR count). The lowest BCUT2D eigenvalue weighted by Gasteiger charge is -2.35. The summed E-state index contributed by atoms with van der Waals surface area (Å²) in [6.07, 6.45) is 0.613. The first-order valence-corrected chi connectivity index (χ1v) is 7.06. The molecule has 0 spiro atoms. The van der Waals surface area contributed by atoms with Crippen molar-refractivity contribution >= 4 is 11.7 Å². The normalized spacial score (nSPS) is 18.8. The molecule has 1 aliphatic rings. The van der Waals surface area contributed by atoms with Crippen molar-refractivity contribution < 1.29 is 14.6 Å². The van der Waals surface area contributed by atoms with E-state index in [2.05, 4.69) is 11.0 Å². The third kappa shape index (κ3) is 3.73. The van der Waals surface area contributed by atoms with E-state index in [-0.39, 0.29) is 11.5 Å². The Hall–Kier alpha value is -1.55. The van der Waals surface area contributed by atoms with Gasteiger partial charge in [0.25, 0.3) is 0 Å². The molecule has 0 aliphatic carbocycles. The molecule has 1 N–H and O–H groups in total. The molecule has 1 heterocycles. The van der Waals surface area contributed by atoms with Crippen molar-refractivity contribution in [1.82, 2.24) is 0 Å². The quantitative estimate of drug-likeness (QED) is 0.919. The molecule has 1 aromatic rings. The van der Waals surface area contributed by atoms with E-state index < -0.39 is 5.97 Å². The molecule has 110 valence electrons. The highest BCUT2D eigenvalue weighted by Gasteiger charge is 2.28. The third-order valence-electron chi connectivity index (χ3n) is 3.48. The lowest BCUT2D eigenvalue weighted by Crippen LogP contribution is -2.41. The van der Waals surface area contributed by atoms with Crippen LogP contribution in [0.25, 0.3) is 0 Å². The van der Waals surface area contributed by atoms with E-state index in [1.807, 2.05) is 39.0 Å². The number of para-hydroxylation sites is 1. The van der Waals surface area contributed by atoms with Crippen LogP contribution in [0.1, 0.15) is 26.3 Å². The molecule has 4 heteroatoms. The first kappa shape index (κ1) is 14.9. The van der Waals surface area contributed by atoms with Crippen LogP contribution in [0.15, 0.2) is 24.3 Å². The van der Waals surface area contributed by atoms with Crippen molar-refractivity contribution in [2.24, 2.45) is 5.92 Å². The average Bonchev–Trinajstić information content (AvgIpc) is 2.36. The summed E-state index contributed by atoms with van der Waals surface area (Å²) in [5.74, 6) is -1.05. The summed E-state index contributed by atoms with van der Waals surface area (Å²) in [5.41, 5.74) is 2.09. The smallest absolute Gasteiger partial charge is 0.308 e. The zero-order chi connectivity index (χ0) is 14.8. The van der Waals surface area contributed by atoms with Gasteiger partial charge < -0.3 is 14.7 Å². The lowest BCUT2D eigenvalue weighted by atomic mass is 9.92. The van der Waals surface area contributed by atoms with Crippen molar-refractivity contribution in [2.45, 2.75) is 32.8 Å². The number of benzene rings is 1. The summed E-state index contributed by atoms with van der Waals surface area (Å²) in [7, 11) is 0. The number of hydrogen-bond acceptors (Lipinski definition) is 3. The molecule has 1 atom stereocenters. The van der Waals surface area contributed by atoms with Gasteiger partial charge in [-0.15, -0.1) is 0 Å². The number of carbonyl (C=O) groups is 1. The van der Waals surface area contributed by atoms with E-state index in [1.165, 1.54) is 0 Å². The molecular formula is C16H23NO3. The predicted octanol–water partition coefficient (Wildman–Crippen LogP) is 2.57. The molecule has 4 nitrogen and oxygen atoms in total. The lowest BCUT2D eigenvalue weighted by molar-refractivity contribution is -0.141. The molecule has 20 heavy (non-hydrogen) atoms. The third-order valence-corrected chi connectivity index (χ3v) is 3.48. The number of ether oxygens (including phenoxy) is 1. The van der Waals surface area contributed by atoms with Gasteiger partial charge in [-0.1, -0.05) is 18.2 Å². The van der Waals surface area contributed by atoms with Crippen LogP contribution in [-0.2, 0) is 16.0 Å². The summed E-state index contributed by atoms with van der Waals surface area (Å²) in [4.78, 5) is 13.4. The molecule has 0 saturated heterocycles. The highest BCUT2D eigenvalue weighted by molar-refractivity contribution is 5.73. The maximum Gasteiger partial charge on any atom is 0.308 e. The van der Waals surface area contributed by atoms with E-state index in [0.29, 0.717) is 19.6 Å². The first-order chi connectivity index (χ1) is 9.37. The van der Waals surface area contributed by atoms with E-state index in [1.54, 1.807) is 0 Å². The van der Waals surface area contributed by atoms with Crippen LogP contribution in [-0.4, -0.2) is 36.4 Å². The van der Waals surface area contributed by atoms with E-state index in [0.717, 1.165) is 17.8 Å². The predicted molar refractivity (Wildman–Crippen MR) is 79.2 cm³/mol. The van der Waals surface area contributed by atoms with Crippen LogP contribution in [0, 0.1) is 5.92 Å². The van der Waals surface area contributed by atoms with E-state index in [9.17, 15) is 9.90 Å². The summed E-state index contributed by atoms with van der Waals surface area (Å²) in [6, 6.07) is 8.04. The zero-order valence-corrected chi connectivity index (χ0v) is 12.4. The van der Waals surface area contributed by atoms with Crippen LogP contribution in [0.3, 0.4) is 0 Å². The molecule has 0 bridgehead atoms. The minimum atomic E-state index is -0.721. The Bertz CT molecular complexity index is 479. The largest absolute Gasteiger partial charge is 0.481 e. The number of fused-ring (bicyclic) bond motifs is 1. The van der Waals surface area contributed by atoms with Crippen molar-refractivity contribution in [3.8, 4) is 0 Å². The number of hydrogen-bond donors (Lipinski definition) is 1. The van der Waals surface area contributed by atoms with Gasteiger partial charge in [-0.2, -0.15) is 0 Å². The van der Waals surface area contributed by atoms with Gasteiger partial charge in [-0.3, -0.25) is 4.79 Å². The van der Waals surface area contributed by atoms with Crippen molar-refractivity contribution in [3.63, 3.8) is 0 Å². The van der Waals surface area contributed by atoms with Gasteiger partial charge in [-0.25, -0.2) is 0 Å². The second kappa shape index (κ2) is 5.83. The Kier molecular flexibility index (Phi) is 4.33. The van der Waals surface area contributed by atoms with Crippen LogP contribution in [0.2, 0.25) is 0 Å². The second-order valence-electron chi connectivity index (χ2n) is 6.27. The molecule has 1 unspecified atom stereocenters. The fourth-order valence-electron chi connectivity index (χ4n) is 2.53. The van der Waals surface area contributed by atoms with Gasteiger partial charge in [-0.05, 0) is 38.8 Å². The molecule has 0 amide bonds. The molecule has 0 radical (unpaired) electrons. The standard InChI is InChI=1S/C16H23NO3/c1-16(2,3)20-9-8-17-11-13(15(18)19)10-12-6-4-5-7-14(12)17/h4-7,13H,8-11H2,1-3H3,(H,18,19). The van der Waals surface area contributed by atoms with Gasteiger partial charge in [0.2, 0.25) is 0 Å². The first-order valence-electron chi connectivity index (χ1n) is 7.06. The number of nitrogens with zero attached hydrogens (tertiary/aromatic N) is 1. The Morgan fingerprint density at radius 1 is 1.40 bits per heavy atom. The molecule has 0 saturated carbocycles. The number of anilines is 1. The van der Waals surface area contributed by atoms with Gasteiger partial charge >= 0.3 is 5.97 Å². The van der Waals surface area contributed by atoms with Crippen molar-refractivity contribution in [2.75, 3.05) is 24.6 Å². The summed E-state index contributed by atoms with van der Waals surface area (Å²) in [6.45, 7) is 7.95. The van der Waals surface area contributed by atoms with Crippen LogP contribution in [0.5, 0.6) is 0 Å². The molecule has 1 aromatic carbocycles. The Labute approximate surface area is 120 Å². The number of rotatable bonds is 4. The second-order valence-corrected chi connectivity index (χ2v) is 6.27. The Balaban J connectivity index is 2.08. The van der Waals surface area contributed by atoms with Gasteiger partial charge in [0.15, 0.2) is 0 Å². The average molecular weight is 277 g/mol. The molecule has 0 fully saturated rings. The van der Waals surface area contributed by atoms with Crippen LogP contribution < -0.4 is 4.90 Å². The Morgan fingerprint density at radius 3 is 2.75 bits per heavy atom. The monoisotopic (exact) mass is 277 g/mol. The number of carboxylic acid groups (broad SMARTS) is 1. The van der Waals surface area contributed by atoms with Crippen molar-refractivity contribution in [1.29, 1.82) is 0 Å². The molecular weight excluding hydrogens is 254 g/mol. The molecule has 0 aromatic heterocycles. The highest BCUT2D eigenvalue weighted by Crippen LogP contribution is 2.29. The fourth-order valence-corrected chi connectivity index (χ4v) is 2.53. The molecule has 1 aliphatic heterocycles. The minimum absolute atomic E-state index is 0.165. The van der Waals surface area contributed by atoms with E-state index in [4.69, 9.17) is 4.74 Å². The van der Waals surface area contributed by atoms with Crippen LogP contribution in [0.4, 0.5) is 5.69 Å². The van der Waals surface area contributed by atoms with E-state index >= 15 is 0 Å². The maximum absolute atomic E-state index is 11.3. The SMILES string of the molecule is CC(C)(C)OCCN1CC(C(=O)O)Cc2ccccc21. The fraction of sp³-hybridized carbons (Fsp3) is 0.562. The van der Waals surface area contributed by atoms with Gasteiger partial charge in [0.05, 0.1) is 18.1 Å². The summed E-state index contributed by atoms with van der Waals surface area (Å²) in [5, 5.41) is 9.28. The van der Waals surface area contributed by atoms with Crippen LogP contribution >= 0.6 is 0 Å². The maximum atomic E-state index is 11.3. The van der Waals surface area contributed by atoms with Gasteiger partial charge in [0.1, 0.15) is 0 Å². The Morgan fingerprint density at radius 2 is 2.10 bits per heavy atom.